The summed E-state index contributed by atoms with van der Waals surface area (Å²) in [5.74, 6) is 0. The maximum atomic E-state index is 12.3. The minimum absolute atomic E-state index is 0.0603. The Kier molecular flexibility index (Phi) is 3.49. The van der Waals surface area contributed by atoms with Gasteiger partial charge in [-0.3, -0.25) is 0 Å². The summed E-state index contributed by atoms with van der Waals surface area (Å²) in [6, 6.07) is 7.16. The molecule has 4 nitrogen and oxygen atoms in total. The number of hydrogen-bond acceptors (Lipinski definition) is 3. The molecule has 1 unspecified atom stereocenters. The molecule has 0 amide bonds. The van der Waals surface area contributed by atoms with Crippen LogP contribution >= 0.6 is 0 Å². The van der Waals surface area contributed by atoms with Crippen molar-refractivity contribution < 1.29 is 8.42 Å². The predicted octanol–water partition coefficient (Wildman–Crippen LogP) is 1.48. The molecule has 0 bridgehead atoms. The molecule has 5 heteroatoms. The Morgan fingerprint density at radius 3 is 2.50 bits per heavy atom. The van der Waals surface area contributed by atoms with E-state index < -0.39 is 10.0 Å². The third kappa shape index (κ3) is 2.74. The van der Waals surface area contributed by atoms with Crippen molar-refractivity contribution >= 4 is 10.0 Å². The zero-order valence-corrected chi connectivity index (χ0v) is 11.8. The molecule has 1 aromatic rings. The Balaban J connectivity index is 2.24. The molecule has 1 aromatic carbocycles. The van der Waals surface area contributed by atoms with Crippen LogP contribution in [0.5, 0.6) is 0 Å². The van der Waals surface area contributed by atoms with Crippen LogP contribution in [0.25, 0.3) is 0 Å². The lowest BCUT2D eigenvalue weighted by Crippen LogP contribution is -2.29. The minimum atomic E-state index is -3.41. The highest BCUT2D eigenvalue weighted by Gasteiger charge is 2.48. The van der Waals surface area contributed by atoms with E-state index in [2.05, 4.69) is 23.9 Å². The number of rotatable bonds is 5. The van der Waals surface area contributed by atoms with Gasteiger partial charge in [0.2, 0.25) is 10.0 Å². The predicted molar refractivity (Wildman–Crippen MR) is 71.7 cm³/mol. The minimum Gasteiger partial charge on any atom is -0.316 e. The van der Waals surface area contributed by atoms with Crippen LogP contribution in [0.3, 0.4) is 0 Å². The van der Waals surface area contributed by atoms with Gasteiger partial charge in [0.25, 0.3) is 0 Å². The lowest BCUT2D eigenvalue weighted by molar-refractivity contribution is 0.553. The van der Waals surface area contributed by atoms with Crippen LogP contribution in [-0.4, -0.2) is 21.5 Å². The van der Waals surface area contributed by atoms with Crippen molar-refractivity contribution in [3.05, 3.63) is 29.8 Å². The summed E-state index contributed by atoms with van der Waals surface area (Å²) in [4.78, 5) is 0.377. The van der Waals surface area contributed by atoms with Gasteiger partial charge >= 0.3 is 0 Å². The van der Waals surface area contributed by atoms with Crippen molar-refractivity contribution in [3.8, 4) is 0 Å². The number of sulfonamides is 1. The van der Waals surface area contributed by atoms with Crippen LogP contribution in [0, 0.1) is 5.41 Å². The number of hydrogen-bond donors (Lipinski definition) is 2. The largest absolute Gasteiger partial charge is 0.316 e. The summed E-state index contributed by atoms with van der Waals surface area (Å²) < 4.78 is 27.4. The van der Waals surface area contributed by atoms with Gasteiger partial charge in [0.1, 0.15) is 0 Å². The standard InChI is InChI=1S/C13H20N2O2S/c1-13(2)8-12(13)15-18(16,17)11-7-5-4-6-10(11)9-14-3/h4-7,12,14-15H,8-9H2,1-3H3. The first kappa shape index (κ1) is 13.5. The fourth-order valence-corrected chi connectivity index (χ4v) is 3.67. The van der Waals surface area contributed by atoms with Crippen LogP contribution in [0.2, 0.25) is 0 Å². The zero-order chi connectivity index (χ0) is 13.4. The highest BCUT2D eigenvalue weighted by molar-refractivity contribution is 7.89. The van der Waals surface area contributed by atoms with Crippen molar-refractivity contribution in [3.63, 3.8) is 0 Å². The molecule has 2 N–H and O–H groups in total. The Hall–Kier alpha value is -0.910. The van der Waals surface area contributed by atoms with E-state index >= 15 is 0 Å². The molecule has 0 heterocycles. The average molecular weight is 268 g/mol. The summed E-state index contributed by atoms with van der Waals surface area (Å²) >= 11 is 0. The van der Waals surface area contributed by atoms with Crippen molar-refractivity contribution in [2.45, 2.75) is 37.8 Å². The molecule has 1 fully saturated rings. The third-order valence-electron chi connectivity index (χ3n) is 3.44. The summed E-state index contributed by atoms with van der Waals surface area (Å²) in [5, 5.41) is 2.99. The van der Waals surface area contributed by atoms with E-state index in [1.807, 2.05) is 12.1 Å². The molecule has 0 aromatic heterocycles. The van der Waals surface area contributed by atoms with Crippen LogP contribution < -0.4 is 10.0 Å². The van der Waals surface area contributed by atoms with E-state index in [4.69, 9.17) is 0 Å². The quantitative estimate of drug-likeness (QED) is 0.850. The van der Waals surface area contributed by atoms with Gasteiger partial charge in [-0.05, 0) is 30.5 Å². The molecule has 18 heavy (non-hydrogen) atoms. The molecule has 2 rings (SSSR count). The molecule has 0 radical (unpaired) electrons. The Labute approximate surface area is 109 Å². The summed E-state index contributed by atoms with van der Waals surface area (Å²) in [6.45, 7) is 4.69. The second-order valence-electron chi connectivity index (χ2n) is 5.50. The normalized spacial score (nSPS) is 21.8. The molecule has 1 aliphatic carbocycles. The van der Waals surface area contributed by atoms with Gasteiger partial charge in [-0.2, -0.15) is 0 Å². The molecular formula is C13H20N2O2S. The Bertz CT molecular complexity index is 538. The first-order valence-electron chi connectivity index (χ1n) is 6.12. The van der Waals surface area contributed by atoms with Gasteiger partial charge in [-0.1, -0.05) is 32.0 Å². The summed E-state index contributed by atoms with van der Waals surface area (Å²) in [5.41, 5.74) is 0.885. The topological polar surface area (TPSA) is 58.2 Å². The van der Waals surface area contributed by atoms with E-state index in [1.165, 1.54) is 0 Å². The van der Waals surface area contributed by atoms with Gasteiger partial charge in [0.05, 0.1) is 4.90 Å². The summed E-state index contributed by atoms with van der Waals surface area (Å²) in [6.07, 6.45) is 0.903. The molecule has 0 spiro atoms. The SMILES string of the molecule is CNCc1ccccc1S(=O)(=O)NC1CC1(C)C. The highest BCUT2D eigenvalue weighted by atomic mass is 32.2. The van der Waals surface area contributed by atoms with Crippen molar-refractivity contribution in [1.82, 2.24) is 10.0 Å². The van der Waals surface area contributed by atoms with Gasteiger partial charge in [0.15, 0.2) is 0 Å². The highest BCUT2D eigenvalue weighted by Crippen LogP contribution is 2.45. The van der Waals surface area contributed by atoms with Crippen molar-refractivity contribution in [2.75, 3.05) is 7.05 Å². The average Bonchev–Trinajstić information content (AvgIpc) is 2.86. The van der Waals surface area contributed by atoms with Crippen LogP contribution in [-0.2, 0) is 16.6 Å². The van der Waals surface area contributed by atoms with Crippen molar-refractivity contribution in [1.29, 1.82) is 0 Å². The lowest BCUT2D eigenvalue weighted by atomic mass is 10.2. The molecule has 0 saturated heterocycles. The van der Waals surface area contributed by atoms with E-state index in [1.54, 1.807) is 19.2 Å². The zero-order valence-electron chi connectivity index (χ0n) is 11.0. The lowest BCUT2D eigenvalue weighted by Gasteiger charge is -2.12. The second-order valence-corrected chi connectivity index (χ2v) is 7.19. The number of benzene rings is 1. The Morgan fingerprint density at radius 1 is 1.33 bits per heavy atom. The van der Waals surface area contributed by atoms with Gasteiger partial charge in [-0.15, -0.1) is 0 Å². The molecule has 0 aliphatic heterocycles. The maximum Gasteiger partial charge on any atom is 0.241 e. The first-order chi connectivity index (χ1) is 8.37. The molecule has 100 valence electrons. The number of nitrogens with one attached hydrogen (secondary N) is 2. The van der Waals surface area contributed by atoms with E-state index in [0.717, 1.165) is 12.0 Å². The van der Waals surface area contributed by atoms with E-state index in [0.29, 0.717) is 11.4 Å². The molecule has 1 aliphatic rings. The monoisotopic (exact) mass is 268 g/mol. The molecule has 1 saturated carbocycles. The molecule has 1 atom stereocenters. The van der Waals surface area contributed by atoms with E-state index in [-0.39, 0.29) is 11.5 Å². The van der Waals surface area contributed by atoms with Crippen LogP contribution in [0.4, 0.5) is 0 Å². The van der Waals surface area contributed by atoms with Crippen LogP contribution in [0.15, 0.2) is 29.2 Å². The van der Waals surface area contributed by atoms with Gasteiger partial charge < -0.3 is 5.32 Å². The fourth-order valence-electron chi connectivity index (χ4n) is 2.02. The molecular weight excluding hydrogens is 248 g/mol. The summed E-state index contributed by atoms with van der Waals surface area (Å²) in [7, 11) is -1.60. The smallest absolute Gasteiger partial charge is 0.241 e. The van der Waals surface area contributed by atoms with Gasteiger partial charge in [-0.25, -0.2) is 13.1 Å². The van der Waals surface area contributed by atoms with Crippen LogP contribution in [0.1, 0.15) is 25.8 Å². The second kappa shape index (κ2) is 4.64. The van der Waals surface area contributed by atoms with Gasteiger partial charge in [0, 0.05) is 12.6 Å². The fraction of sp³-hybridized carbons (Fsp3) is 0.538. The maximum absolute atomic E-state index is 12.3. The first-order valence-corrected chi connectivity index (χ1v) is 7.60. The van der Waals surface area contributed by atoms with Crippen molar-refractivity contribution in [2.24, 2.45) is 5.41 Å². The Morgan fingerprint density at radius 2 is 1.94 bits per heavy atom. The third-order valence-corrected chi connectivity index (χ3v) is 5.01. The van der Waals surface area contributed by atoms with E-state index in [9.17, 15) is 8.42 Å².